The third kappa shape index (κ3) is 2.42. The lowest BCUT2D eigenvalue weighted by Crippen LogP contribution is -2.51. The van der Waals surface area contributed by atoms with Crippen molar-refractivity contribution in [2.45, 2.75) is 62.9 Å². The van der Waals surface area contributed by atoms with E-state index in [0.29, 0.717) is 0 Å². The molecule has 110 valence electrons. The van der Waals surface area contributed by atoms with Crippen LogP contribution in [-0.4, -0.2) is 36.1 Å². The first-order valence-electron chi connectivity index (χ1n) is 8.20. The zero-order chi connectivity index (χ0) is 13.6. The molecular formula is C16H25N3S. The topological polar surface area (TPSA) is 28.2 Å². The standard InChI is InChI=1S/C16H25N3S/c1-19-10-8-16(9-11-19,18-12-6-7-12)15-17-13-4-2-3-5-14(13)20-15/h12,18H,2-11H2,1H3. The molecule has 0 aromatic carbocycles. The minimum atomic E-state index is 0.190. The molecule has 2 aliphatic carbocycles. The number of nitrogens with zero attached hydrogens (tertiary/aromatic N) is 2. The molecule has 1 aromatic heterocycles. The predicted molar refractivity (Wildman–Crippen MR) is 83.3 cm³/mol. The Morgan fingerprint density at radius 2 is 1.95 bits per heavy atom. The number of fused-ring (bicyclic) bond motifs is 1. The highest BCUT2D eigenvalue weighted by molar-refractivity contribution is 7.11. The maximum absolute atomic E-state index is 5.09. The molecule has 2 heterocycles. The van der Waals surface area contributed by atoms with Crippen LogP contribution in [0.25, 0.3) is 0 Å². The largest absolute Gasteiger partial charge is 0.306 e. The van der Waals surface area contributed by atoms with Crippen LogP contribution in [0.4, 0.5) is 0 Å². The molecule has 1 saturated carbocycles. The molecular weight excluding hydrogens is 266 g/mol. The summed E-state index contributed by atoms with van der Waals surface area (Å²) in [4.78, 5) is 9.13. The zero-order valence-corrected chi connectivity index (χ0v) is 13.3. The Labute approximate surface area is 125 Å². The van der Waals surface area contributed by atoms with Crippen LogP contribution in [0.2, 0.25) is 0 Å². The van der Waals surface area contributed by atoms with Crippen LogP contribution in [0.15, 0.2) is 0 Å². The van der Waals surface area contributed by atoms with Crippen molar-refractivity contribution in [2.24, 2.45) is 0 Å². The van der Waals surface area contributed by atoms with E-state index in [2.05, 4.69) is 17.3 Å². The highest BCUT2D eigenvalue weighted by Crippen LogP contribution is 2.40. The molecule has 0 atom stereocenters. The molecule has 0 bridgehead atoms. The maximum Gasteiger partial charge on any atom is 0.113 e. The van der Waals surface area contributed by atoms with Gasteiger partial charge in [0.2, 0.25) is 0 Å². The van der Waals surface area contributed by atoms with Crippen LogP contribution in [-0.2, 0) is 18.4 Å². The zero-order valence-electron chi connectivity index (χ0n) is 12.5. The first-order valence-corrected chi connectivity index (χ1v) is 9.02. The number of aromatic nitrogens is 1. The molecule has 1 saturated heterocycles. The van der Waals surface area contributed by atoms with Gasteiger partial charge in [-0.25, -0.2) is 4.98 Å². The highest BCUT2D eigenvalue weighted by Gasteiger charge is 2.42. The Bertz CT molecular complexity index is 460. The van der Waals surface area contributed by atoms with Gasteiger partial charge in [-0.05, 0) is 58.4 Å². The van der Waals surface area contributed by atoms with Crippen molar-refractivity contribution < 1.29 is 0 Å². The maximum atomic E-state index is 5.09. The van der Waals surface area contributed by atoms with Crippen molar-refractivity contribution in [1.29, 1.82) is 0 Å². The molecule has 0 amide bonds. The Morgan fingerprint density at radius 1 is 1.20 bits per heavy atom. The van der Waals surface area contributed by atoms with E-state index < -0.39 is 0 Å². The number of hydrogen-bond donors (Lipinski definition) is 1. The summed E-state index contributed by atoms with van der Waals surface area (Å²) in [6.07, 6.45) is 10.4. The highest BCUT2D eigenvalue weighted by atomic mass is 32.1. The van der Waals surface area contributed by atoms with Gasteiger partial charge in [0.1, 0.15) is 5.01 Å². The number of thiazole rings is 1. The molecule has 1 aromatic rings. The molecule has 0 radical (unpaired) electrons. The lowest BCUT2D eigenvalue weighted by atomic mass is 9.88. The van der Waals surface area contributed by atoms with Crippen molar-refractivity contribution in [3.05, 3.63) is 15.6 Å². The molecule has 2 fully saturated rings. The Morgan fingerprint density at radius 3 is 2.65 bits per heavy atom. The van der Waals surface area contributed by atoms with Crippen LogP contribution in [0.3, 0.4) is 0 Å². The number of nitrogens with one attached hydrogen (secondary N) is 1. The molecule has 0 spiro atoms. The second-order valence-corrected chi connectivity index (χ2v) is 7.98. The molecule has 3 aliphatic rings. The van der Waals surface area contributed by atoms with Gasteiger partial charge in [-0.1, -0.05) is 0 Å². The third-order valence-electron chi connectivity index (χ3n) is 5.15. The smallest absolute Gasteiger partial charge is 0.113 e. The average Bonchev–Trinajstić information content (AvgIpc) is 3.16. The van der Waals surface area contributed by atoms with Gasteiger partial charge in [0.05, 0.1) is 11.2 Å². The number of piperidine rings is 1. The molecule has 0 unspecified atom stereocenters. The average molecular weight is 291 g/mol. The van der Waals surface area contributed by atoms with E-state index in [-0.39, 0.29) is 5.54 Å². The minimum absolute atomic E-state index is 0.190. The Kier molecular flexibility index (Phi) is 3.36. The van der Waals surface area contributed by atoms with E-state index in [1.165, 1.54) is 75.2 Å². The van der Waals surface area contributed by atoms with E-state index >= 15 is 0 Å². The summed E-state index contributed by atoms with van der Waals surface area (Å²) in [6, 6.07) is 0.763. The van der Waals surface area contributed by atoms with E-state index in [4.69, 9.17) is 4.98 Å². The molecule has 4 rings (SSSR count). The number of hydrogen-bond acceptors (Lipinski definition) is 4. The lowest BCUT2D eigenvalue weighted by molar-refractivity contribution is 0.154. The third-order valence-corrected chi connectivity index (χ3v) is 6.51. The van der Waals surface area contributed by atoms with Gasteiger partial charge in [-0.2, -0.15) is 0 Å². The number of rotatable bonds is 3. The SMILES string of the molecule is CN1CCC(NC2CC2)(c2nc3c(s2)CCCC3)CC1. The fourth-order valence-electron chi connectivity index (χ4n) is 3.60. The molecule has 1 N–H and O–H groups in total. The molecule has 3 nitrogen and oxygen atoms in total. The van der Waals surface area contributed by atoms with Crippen LogP contribution in [0.1, 0.15) is 54.1 Å². The molecule has 1 aliphatic heterocycles. The van der Waals surface area contributed by atoms with Crippen LogP contribution in [0, 0.1) is 0 Å². The van der Waals surface area contributed by atoms with Gasteiger partial charge in [-0.3, -0.25) is 0 Å². The summed E-state index contributed by atoms with van der Waals surface area (Å²) in [7, 11) is 2.24. The summed E-state index contributed by atoms with van der Waals surface area (Å²) < 4.78 is 0. The first kappa shape index (κ1) is 13.2. The van der Waals surface area contributed by atoms with E-state index in [9.17, 15) is 0 Å². The fraction of sp³-hybridized carbons (Fsp3) is 0.812. The van der Waals surface area contributed by atoms with E-state index in [1.54, 1.807) is 4.88 Å². The van der Waals surface area contributed by atoms with Crippen LogP contribution in [0.5, 0.6) is 0 Å². The van der Waals surface area contributed by atoms with Gasteiger partial charge in [0, 0.05) is 24.0 Å². The predicted octanol–water partition coefficient (Wildman–Crippen LogP) is 2.69. The molecule has 4 heteroatoms. The summed E-state index contributed by atoms with van der Waals surface area (Å²) in [5, 5.41) is 5.38. The fourth-order valence-corrected chi connectivity index (χ4v) is 4.95. The summed E-state index contributed by atoms with van der Waals surface area (Å²) in [6.45, 7) is 2.40. The second kappa shape index (κ2) is 5.08. The van der Waals surface area contributed by atoms with E-state index in [0.717, 1.165) is 6.04 Å². The first-order chi connectivity index (χ1) is 9.75. The molecule has 20 heavy (non-hydrogen) atoms. The van der Waals surface area contributed by atoms with Crippen molar-refractivity contribution in [3.8, 4) is 0 Å². The number of aryl methyl sites for hydroxylation is 2. The second-order valence-electron chi connectivity index (χ2n) is 6.90. The minimum Gasteiger partial charge on any atom is -0.306 e. The van der Waals surface area contributed by atoms with Crippen LogP contribution < -0.4 is 5.32 Å². The van der Waals surface area contributed by atoms with Crippen molar-refractivity contribution in [3.63, 3.8) is 0 Å². The van der Waals surface area contributed by atoms with Gasteiger partial charge in [0.25, 0.3) is 0 Å². The van der Waals surface area contributed by atoms with E-state index in [1.807, 2.05) is 11.3 Å². The van der Waals surface area contributed by atoms with Crippen LogP contribution >= 0.6 is 11.3 Å². The number of likely N-dealkylation sites (tertiary alicyclic amines) is 1. The van der Waals surface area contributed by atoms with Gasteiger partial charge in [-0.15, -0.1) is 11.3 Å². The Balaban J connectivity index is 1.64. The lowest BCUT2D eigenvalue weighted by Gasteiger charge is -2.40. The monoisotopic (exact) mass is 291 g/mol. The van der Waals surface area contributed by atoms with Crippen molar-refractivity contribution in [1.82, 2.24) is 15.2 Å². The normalized spacial score (nSPS) is 26.4. The summed E-state index contributed by atoms with van der Waals surface area (Å²) in [5.41, 5.74) is 1.61. The van der Waals surface area contributed by atoms with Gasteiger partial charge in [0.15, 0.2) is 0 Å². The quantitative estimate of drug-likeness (QED) is 0.928. The van der Waals surface area contributed by atoms with Crippen molar-refractivity contribution in [2.75, 3.05) is 20.1 Å². The Hall–Kier alpha value is -0.450. The van der Waals surface area contributed by atoms with Gasteiger partial charge >= 0.3 is 0 Å². The van der Waals surface area contributed by atoms with Crippen molar-refractivity contribution >= 4 is 11.3 Å². The summed E-state index contributed by atoms with van der Waals surface area (Å²) >= 11 is 2.02. The van der Waals surface area contributed by atoms with Gasteiger partial charge < -0.3 is 10.2 Å². The summed E-state index contributed by atoms with van der Waals surface area (Å²) in [5.74, 6) is 0.